The molecule has 136 valence electrons. The van der Waals surface area contributed by atoms with Gasteiger partial charge in [0.15, 0.2) is 0 Å². The lowest BCUT2D eigenvalue weighted by atomic mass is 9.76. The molecule has 3 aliphatic rings. The molecule has 4 rings (SSSR count). The Balaban J connectivity index is 1.28. The van der Waals surface area contributed by atoms with Crippen molar-refractivity contribution in [3.63, 3.8) is 0 Å². The molecule has 2 saturated heterocycles. The summed E-state index contributed by atoms with van der Waals surface area (Å²) in [6.45, 7) is 6.17. The first kappa shape index (κ1) is 17.0. The number of carbonyl (C=O) groups is 1. The molecule has 0 aromatic heterocycles. The summed E-state index contributed by atoms with van der Waals surface area (Å²) < 4.78 is 11.8. The van der Waals surface area contributed by atoms with Crippen LogP contribution in [0.5, 0.6) is 0 Å². The van der Waals surface area contributed by atoms with E-state index >= 15 is 0 Å². The number of benzene rings is 1. The van der Waals surface area contributed by atoms with Crippen molar-refractivity contribution in [2.24, 2.45) is 11.3 Å². The molecule has 1 saturated carbocycles. The van der Waals surface area contributed by atoms with Crippen molar-refractivity contribution in [3.8, 4) is 0 Å². The molecule has 2 aliphatic heterocycles. The summed E-state index contributed by atoms with van der Waals surface area (Å²) in [7, 11) is 0. The molecule has 4 nitrogen and oxygen atoms in total. The van der Waals surface area contributed by atoms with Gasteiger partial charge in [0.1, 0.15) is 0 Å². The van der Waals surface area contributed by atoms with Gasteiger partial charge in [0.25, 0.3) is 5.91 Å². The fraction of sp³-hybridized carbons (Fsp3) is 0.667. The minimum atomic E-state index is 0.177. The van der Waals surface area contributed by atoms with Crippen LogP contribution in [0.2, 0.25) is 0 Å². The minimum Gasteiger partial charge on any atom is -0.378 e. The molecule has 0 N–H and O–H groups in total. The van der Waals surface area contributed by atoms with Crippen molar-refractivity contribution in [1.82, 2.24) is 4.90 Å². The van der Waals surface area contributed by atoms with E-state index in [0.717, 1.165) is 69.2 Å². The van der Waals surface area contributed by atoms with Gasteiger partial charge in [-0.2, -0.15) is 0 Å². The van der Waals surface area contributed by atoms with Crippen LogP contribution in [0.3, 0.4) is 0 Å². The van der Waals surface area contributed by atoms with E-state index < -0.39 is 0 Å². The maximum Gasteiger partial charge on any atom is 0.254 e. The largest absolute Gasteiger partial charge is 0.378 e. The lowest BCUT2D eigenvalue weighted by Crippen LogP contribution is -2.43. The van der Waals surface area contributed by atoms with Crippen molar-refractivity contribution in [3.05, 3.63) is 35.4 Å². The first-order chi connectivity index (χ1) is 12.2. The lowest BCUT2D eigenvalue weighted by Gasteiger charge is -2.38. The van der Waals surface area contributed by atoms with Crippen LogP contribution in [0.4, 0.5) is 0 Å². The number of carbonyl (C=O) groups excluding carboxylic acids is 1. The summed E-state index contributed by atoms with van der Waals surface area (Å²) in [5, 5.41) is 0. The lowest BCUT2D eigenvalue weighted by molar-refractivity contribution is 0.00938. The van der Waals surface area contributed by atoms with E-state index in [1.165, 1.54) is 12.8 Å². The fourth-order valence-corrected chi connectivity index (χ4v) is 4.17. The average molecular weight is 343 g/mol. The van der Waals surface area contributed by atoms with E-state index in [9.17, 15) is 4.79 Å². The molecule has 1 unspecified atom stereocenters. The molecular weight excluding hydrogens is 314 g/mol. The third-order valence-corrected chi connectivity index (χ3v) is 6.13. The Labute approximate surface area is 150 Å². The normalized spacial score (nSPS) is 25.5. The highest BCUT2D eigenvalue weighted by molar-refractivity contribution is 5.95. The number of amides is 1. The zero-order valence-electron chi connectivity index (χ0n) is 15.2. The van der Waals surface area contributed by atoms with E-state index in [2.05, 4.69) is 0 Å². The standard InChI is InChI=1S/C21H29NO3/c1-16-4-2-3-5-19(16)20(23)22-10-8-21(9-11-22)12-18(25-15-21)14-24-13-17-6-7-17/h2-5,17-18H,6-15H2,1H3. The van der Waals surface area contributed by atoms with Crippen molar-refractivity contribution >= 4 is 5.91 Å². The highest BCUT2D eigenvalue weighted by Crippen LogP contribution is 2.42. The molecule has 0 bridgehead atoms. The molecule has 25 heavy (non-hydrogen) atoms. The highest BCUT2D eigenvalue weighted by Gasteiger charge is 2.43. The molecule has 2 heterocycles. The molecule has 1 aromatic rings. The van der Waals surface area contributed by atoms with E-state index in [4.69, 9.17) is 9.47 Å². The maximum atomic E-state index is 12.8. The van der Waals surface area contributed by atoms with Gasteiger partial charge in [-0.3, -0.25) is 4.79 Å². The van der Waals surface area contributed by atoms with Crippen LogP contribution in [0.25, 0.3) is 0 Å². The van der Waals surface area contributed by atoms with Crippen molar-refractivity contribution in [1.29, 1.82) is 0 Å². The highest BCUT2D eigenvalue weighted by atomic mass is 16.5. The molecule has 0 radical (unpaired) electrons. The van der Waals surface area contributed by atoms with E-state index in [1.54, 1.807) is 0 Å². The molecule has 1 atom stereocenters. The van der Waals surface area contributed by atoms with Gasteiger partial charge in [-0.1, -0.05) is 18.2 Å². The first-order valence-electron chi connectivity index (χ1n) is 9.69. The Hall–Kier alpha value is -1.39. The second-order valence-electron chi connectivity index (χ2n) is 8.23. The van der Waals surface area contributed by atoms with Gasteiger partial charge >= 0.3 is 0 Å². The molecule has 1 spiro atoms. The quantitative estimate of drug-likeness (QED) is 0.822. The van der Waals surface area contributed by atoms with Gasteiger partial charge in [-0.25, -0.2) is 0 Å². The summed E-state index contributed by atoms with van der Waals surface area (Å²) in [5.74, 6) is 0.988. The topological polar surface area (TPSA) is 38.8 Å². The summed E-state index contributed by atoms with van der Waals surface area (Å²) >= 11 is 0. The Morgan fingerprint density at radius 3 is 2.72 bits per heavy atom. The second kappa shape index (κ2) is 7.08. The number of ether oxygens (including phenoxy) is 2. The predicted molar refractivity (Wildman–Crippen MR) is 96.6 cm³/mol. The molecule has 1 amide bonds. The summed E-state index contributed by atoms with van der Waals surface area (Å²) in [5.41, 5.74) is 2.16. The SMILES string of the molecule is Cc1ccccc1C(=O)N1CCC2(CC1)COC(COCC1CC1)C2. The van der Waals surface area contributed by atoms with Gasteiger partial charge in [-0.05, 0) is 62.0 Å². The monoisotopic (exact) mass is 343 g/mol. The molecule has 4 heteroatoms. The number of rotatable bonds is 5. The van der Waals surface area contributed by atoms with Crippen molar-refractivity contribution in [2.75, 3.05) is 32.9 Å². The van der Waals surface area contributed by atoms with Crippen molar-refractivity contribution < 1.29 is 14.3 Å². The number of hydrogen-bond acceptors (Lipinski definition) is 3. The van der Waals surface area contributed by atoms with Gasteiger partial charge in [0.2, 0.25) is 0 Å². The fourth-order valence-electron chi connectivity index (χ4n) is 4.17. The molecular formula is C21H29NO3. The first-order valence-corrected chi connectivity index (χ1v) is 9.69. The third-order valence-electron chi connectivity index (χ3n) is 6.13. The van der Waals surface area contributed by atoms with Crippen LogP contribution in [-0.2, 0) is 9.47 Å². The minimum absolute atomic E-state index is 0.177. The zero-order valence-corrected chi connectivity index (χ0v) is 15.2. The van der Waals surface area contributed by atoms with Crippen LogP contribution in [0, 0.1) is 18.3 Å². The summed E-state index contributed by atoms with van der Waals surface area (Å²) in [4.78, 5) is 14.8. The number of hydrogen-bond donors (Lipinski definition) is 0. The molecule has 3 fully saturated rings. The summed E-state index contributed by atoms with van der Waals surface area (Å²) in [6, 6.07) is 7.88. The Kier molecular flexibility index (Phi) is 4.83. The van der Waals surface area contributed by atoms with Gasteiger partial charge in [0, 0.05) is 25.3 Å². The Bertz CT molecular complexity index is 617. The smallest absolute Gasteiger partial charge is 0.254 e. The van der Waals surface area contributed by atoms with E-state index in [0.29, 0.717) is 0 Å². The van der Waals surface area contributed by atoms with E-state index in [1.807, 2.05) is 36.1 Å². The van der Waals surface area contributed by atoms with Crippen LogP contribution in [-0.4, -0.2) is 49.8 Å². The van der Waals surface area contributed by atoms with Crippen LogP contribution in [0.1, 0.15) is 48.0 Å². The van der Waals surface area contributed by atoms with Gasteiger partial charge in [-0.15, -0.1) is 0 Å². The van der Waals surface area contributed by atoms with Crippen LogP contribution < -0.4 is 0 Å². The van der Waals surface area contributed by atoms with Crippen LogP contribution in [0.15, 0.2) is 24.3 Å². The maximum absolute atomic E-state index is 12.8. The average Bonchev–Trinajstić information content (AvgIpc) is 3.37. The molecule has 1 aliphatic carbocycles. The second-order valence-corrected chi connectivity index (χ2v) is 8.23. The zero-order chi connectivity index (χ0) is 17.3. The Morgan fingerprint density at radius 1 is 1.24 bits per heavy atom. The summed E-state index contributed by atoms with van der Waals surface area (Å²) in [6.07, 6.45) is 6.09. The third kappa shape index (κ3) is 3.90. The Morgan fingerprint density at radius 2 is 2.00 bits per heavy atom. The number of piperidine rings is 1. The number of aryl methyl sites for hydroxylation is 1. The van der Waals surface area contributed by atoms with Gasteiger partial charge < -0.3 is 14.4 Å². The number of nitrogens with zero attached hydrogens (tertiary/aromatic N) is 1. The van der Waals surface area contributed by atoms with E-state index in [-0.39, 0.29) is 17.4 Å². The van der Waals surface area contributed by atoms with Crippen molar-refractivity contribution in [2.45, 2.75) is 45.1 Å². The number of likely N-dealkylation sites (tertiary alicyclic amines) is 1. The predicted octanol–water partition coefficient (Wildman–Crippen LogP) is 3.43. The molecule has 1 aromatic carbocycles. The van der Waals surface area contributed by atoms with Crippen LogP contribution >= 0.6 is 0 Å². The van der Waals surface area contributed by atoms with Gasteiger partial charge in [0.05, 0.1) is 19.3 Å².